The smallest absolute Gasteiger partial charge is 0.238 e. The van der Waals surface area contributed by atoms with Crippen LogP contribution >= 0.6 is 11.3 Å². The molecule has 9 heteroatoms. The van der Waals surface area contributed by atoms with Crippen molar-refractivity contribution in [2.75, 3.05) is 5.32 Å². The molecule has 0 spiro atoms. The summed E-state index contributed by atoms with van der Waals surface area (Å²) in [5, 5.41) is 10.3. The van der Waals surface area contributed by atoms with Crippen molar-refractivity contribution in [2.45, 2.75) is 30.6 Å². The number of nitrogens with one attached hydrogen (secondary N) is 1. The number of anilines is 2. The Bertz CT molecular complexity index is 1410. The molecule has 2 aromatic heterocycles. The molecule has 0 unspecified atom stereocenters. The molecule has 4 aromatic rings. The second kappa shape index (κ2) is 8.58. The summed E-state index contributed by atoms with van der Waals surface area (Å²) in [7, 11) is -3.82. The molecule has 0 saturated heterocycles. The van der Waals surface area contributed by atoms with Crippen molar-refractivity contribution in [3.8, 4) is 22.1 Å². The molecule has 7 nitrogen and oxygen atoms in total. The first-order valence-corrected chi connectivity index (χ1v) is 12.8. The molecule has 168 valence electrons. The molecule has 3 N–H and O–H groups in total. The van der Waals surface area contributed by atoms with Crippen LogP contribution in [0.4, 0.5) is 11.5 Å². The number of aryl methyl sites for hydroxylation is 1. The van der Waals surface area contributed by atoms with Crippen molar-refractivity contribution in [1.29, 1.82) is 0 Å². The number of rotatable bonds is 7. The number of hydrogen-bond acceptors (Lipinski definition) is 7. The van der Waals surface area contributed by atoms with E-state index in [1.807, 2.05) is 43.3 Å². The summed E-state index contributed by atoms with van der Waals surface area (Å²) in [6, 6.07) is 18.5. The van der Waals surface area contributed by atoms with Crippen LogP contribution in [-0.2, 0) is 10.0 Å². The molecular formula is C24H22N4O3S2. The van der Waals surface area contributed by atoms with E-state index < -0.39 is 10.0 Å². The molecule has 2 heterocycles. The average molecular weight is 479 g/mol. The third-order valence-corrected chi connectivity index (χ3v) is 7.13. The number of thiazole rings is 1. The third kappa shape index (κ3) is 4.75. The Morgan fingerprint density at radius 2 is 1.88 bits per heavy atom. The highest BCUT2D eigenvalue weighted by atomic mass is 32.2. The Hall–Kier alpha value is -3.27. The number of nitrogens with zero attached hydrogens (tertiary/aromatic N) is 2. The molecule has 1 aliphatic carbocycles. The molecule has 1 aliphatic rings. The van der Waals surface area contributed by atoms with Gasteiger partial charge < -0.3 is 10.1 Å². The number of primary sulfonamides is 1. The minimum absolute atomic E-state index is 0.162. The number of ether oxygens (including phenoxy) is 1. The summed E-state index contributed by atoms with van der Waals surface area (Å²) in [6.45, 7) is 1.95. The second-order valence-corrected chi connectivity index (χ2v) is 10.6. The van der Waals surface area contributed by atoms with Crippen molar-refractivity contribution in [1.82, 2.24) is 9.97 Å². The number of aromatic nitrogens is 2. The van der Waals surface area contributed by atoms with Crippen LogP contribution in [0.15, 0.2) is 71.8 Å². The summed E-state index contributed by atoms with van der Waals surface area (Å²) in [5.74, 6) is 1.32. The Labute approximate surface area is 196 Å². The molecule has 0 radical (unpaired) electrons. The maximum Gasteiger partial charge on any atom is 0.238 e. The van der Waals surface area contributed by atoms with E-state index in [0.717, 1.165) is 34.7 Å². The van der Waals surface area contributed by atoms with E-state index in [-0.39, 0.29) is 10.8 Å². The van der Waals surface area contributed by atoms with Gasteiger partial charge in [0.2, 0.25) is 15.1 Å². The van der Waals surface area contributed by atoms with Gasteiger partial charge in [-0.25, -0.2) is 23.5 Å². The molecule has 1 saturated carbocycles. The number of hydrogen-bond donors (Lipinski definition) is 2. The lowest BCUT2D eigenvalue weighted by atomic mass is 10.1. The molecule has 0 atom stereocenters. The lowest BCUT2D eigenvalue weighted by molar-refractivity contribution is 0.496. The van der Waals surface area contributed by atoms with Gasteiger partial charge in [-0.1, -0.05) is 47.7 Å². The molecule has 1 fully saturated rings. The minimum atomic E-state index is -3.82. The summed E-state index contributed by atoms with van der Waals surface area (Å²) >= 11 is 1.48. The normalized spacial score (nSPS) is 13.6. The van der Waals surface area contributed by atoms with Crippen LogP contribution in [0.3, 0.4) is 0 Å². The number of sulfonamides is 1. The standard InChI is InChI=1S/C24H22N4O3S2/c1-15-27-23(17-6-3-2-4-7-17)24(32-15)31-18-12-13-26-21(14-18)28-19-8-5-9-20(33(25,29)30)22(19)16-10-11-16/h2-9,12-14,16H,10-11H2,1H3,(H,26,28)(H2,25,29,30). The third-order valence-electron chi connectivity index (χ3n) is 5.31. The van der Waals surface area contributed by atoms with Crippen LogP contribution < -0.4 is 15.2 Å². The van der Waals surface area contributed by atoms with E-state index in [1.54, 1.807) is 30.5 Å². The highest BCUT2D eigenvalue weighted by Gasteiger charge is 2.31. The molecule has 0 amide bonds. The first-order valence-electron chi connectivity index (χ1n) is 10.5. The van der Waals surface area contributed by atoms with Gasteiger partial charge in [0.05, 0.1) is 9.90 Å². The van der Waals surface area contributed by atoms with Gasteiger partial charge in [-0.05, 0) is 49.4 Å². The van der Waals surface area contributed by atoms with Gasteiger partial charge in [-0.15, -0.1) is 0 Å². The predicted molar refractivity (Wildman–Crippen MR) is 130 cm³/mol. The van der Waals surface area contributed by atoms with Crippen molar-refractivity contribution in [3.63, 3.8) is 0 Å². The fourth-order valence-electron chi connectivity index (χ4n) is 3.74. The Balaban J connectivity index is 1.45. The van der Waals surface area contributed by atoms with Crippen molar-refractivity contribution >= 4 is 32.9 Å². The average Bonchev–Trinajstić information content (AvgIpc) is 3.56. The molecular weight excluding hydrogens is 456 g/mol. The number of nitrogens with two attached hydrogens (primary N) is 1. The topological polar surface area (TPSA) is 107 Å². The molecule has 33 heavy (non-hydrogen) atoms. The van der Waals surface area contributed by atoms with Crippen LogP contribution in [0, 0.1) is 6.92 Å². The maximum atomic E-state index is 12.1. The van der Waals surface area contributed by atoms with Crippen LogP contribution in [0.1, 0.15) is 29.3 Å². The molecule has 5 rings (SSSR count). The van der Waals surface area contributed by atoms with Gasteiger partial charge in [0.15, 0.2) is 0 Å². The summed E-state index contributed by atoms with van der Waals surface area (Å²) in [6.07, 6.45) is 3.52. The lowest BCUT2D eigenvalue weighted by Gasteiger charge is -2.15. The fourth-order valence-corrected chi connectivity index (χ4v) is 5.39. The van der Waals surface area contributed by atoms with Crippen LogP contribution in [0.5, 0.6) is 10.8 Å². The first kappa shape index (κ1) is 21.6. The number of pyridine rings is 1. The summed E-state index contributed by atoms with van der Waals surface area (Å²) in [4.78, 5) is 9.18. The Morgan fingerprint density at radius 3 is 2.61 bits per heavy atom. The van der Waals surface area contributed by atoms with E-state index in [1.165, 1.54) is 11.3 Å². The second-order valence-electron chi connectivity index (χ2n) is 7.88. The van der Waals surface area contributed by atoms with Crippen molar-refractivity contribution < 1.29 is 13.2 Å². The Kier molecular flexibility index (Phi) is 5.61. The van der Waals surface area contributed by atoms with E-state index in [9.17, 15) is 8.42 Å². The highest BCUT2D eigenvalue weighted by molar-refractivity contribution is 7.89. The summed E-state index contributed by atoms with van der Waals surface area (Å²) in [5.41, 5.74) is 3.18. The SMILES string of the molecule is Cc1nc(-c2ccccc2)c(Oc2ccnc(Nc3cccc(S(N)(=O)=O)c3C3CC3)c2)s1. The number of benzene rings is 2. The van der Waals surface area contributed by atoms with Gasteiger partial charge in [-0.2, -0.15) is 0 Å². The zero-order chi connectivity index (χ0) is 23.0. The largest absolute Gasteiger partial charge is 0.444 e. The van der Waals surface area contributed by atoms with Gasteiger partial charge in [0, 0.05) is 23.5 Å². The van der Waals surface area contributed by atoms with E-state index in [0.29, 0.717) is 22.3 Å². The minimum Gasteiger partial charge on any atom is -0.444 e. The van der Waals surface area contributed by atoms with Crippen molar-refractivity contribution in [3.05, 3.63) is 77.4 Å². The van der Waals surface area contributed by atoms with Crippen LogP contribution in [0.25, 0.3) is 11.3 Å². The van der Waals surface area contributed by atoms with Gasteiger partial charge >= 0.3 is 0 Å². The highest BCUT2D eigenvalue weighted by Crippen LogP contribution is 2.47. The maximum absolute atomic E-state index is 12.1. The van der Waals surface area contributed by atoms with Crippen LogP contribution in [-0.4, -0.2) is 18.4 Å². The quantitative estimate of drug-likeness (QED) is 0.359. The predicted octanol–water partition coefficient (Wildman–Crippen LogP) is 5.57. The van der Waals surface area contributed by atoms with Gasteiger partial charge in [-0.3, -0.25) is 0 Å². The van der Waals surface area contributed by atoms with E-state index in [2.05, 4.69) is 15.3 Å². The fraction of sp³-hybridized carbons (Fsp3) is 0.167. The first-order chi connectivity index (χ1) is 15.9. The van der Waals surface area contributed by atoms with E-state index >= 15 is 0 Å². The van der Waals surface area contributed by atoms with E-state index in [4.69, 9.17) is 9.88 Å². The molecule has 2 aromatic carbocycles. The zero-order valence-electron chi connectivity index (χ0n) is 17.9. The zero-order valence-corrected chi connectivity index (χ0v) is 19.5. The van der Waals surface area contributed by atoms with Crippen molar-refractivity contribution in [2.24, 2.45) is 5.14 Å². The van der Waals surface area contributed by atoms with Gasteiger partial charge in [0.25, 0.3) is 0 Å². The van der Waals surface area contributed by atoms with Gasteiger partial charge in [0.1, 0.15) is 17.3 Å². The summed E-state index contributed by atoms with van der Waals surface area (Å²) < 4.78 is 30.4. The lowest BCUT2D eigenvalue weighted by Crippen LogP contribution is -2.15. The monoisotopic (exact) mass is 478 g/mol. The van der Waals surface area contributed by atoms with Crippen LogP contribution in [0.2, 0.25) is 0 Å². The molecule has 0 aliphatic heterocycles. The molecule has 0 bridgehead atoms. The Morgan fingerprint density at radius 1 is 1.09 bits per heavy atom.